The average Bonchev–Trinajstić information content (AvgIpc) is 2.86. The number of ether oxygens (including phenoxy) is 1. The second kappa shape index (κ2) is 6.37. The van der Waals surface area contributed by atoms with Crippen LogP contribution in [0.3, 0.4) is 0 Å². The smallest absolute Gasteiger partial charge is 0.268 e. The van der Waals surface area contributed by atoms with Gasteiger partial charge in [0, 0.05) is 24.3 Å². The summed E-state index contributed by atoms with van der Waals surface area (Å²) in [6, 6.07) is 5.97. The molecule has 1 aromatic rings. The van der Waals surface area contributed by atoms with Gasteiger partial charge >= 0.3 is 0 Å². The van der Waals surface area contributed by atoms with E-state index in [-0.39, 0.29) is 5.91 Å². The number of likely N-dealkylation sites (N-methyl/N-ethyl adjacent to an activating group) is 2. The second-order valence-corrected chi connectivity index (χ2v) is 6.78. The Balaban J connectivity index is 2.08. The van der Waals surface area contributed by atoms with Crippen LogP contribution < -0.4 is 9.64 Å². The topological polar surface area (TPSA) is 32.8 Å². The number of thioether (sulfide) groups is 1. The summed E-state index contributed by atoms with van der Waals surface area (Å²) in [4.78, 5) is 17.1. The van der Waals surface area contributed by atoms with Gasteiger partial charge in [0.2, 0.25) is 0 Å². The Morgan fingerprint density at radius 3 is 2.52 bits per heavy atom. The molecule has 2 heterocycles. The van der Waals surface area contributed by atoms with Gasteiger partial charge in [-0.3, -0.25) is 9.69 Å². The number of thiocarbonyl (C=S) groups is 1. The highest BCUT2D eigenvalue weighted by molar-refractivity contribution is 8.26. The first kappa shape index (κ1) is 16.1. The molecule has 0 aliphatic carbocycles. The molecule has 6 heteroatoms. The summed E-state index contributed by atoms with van der Waals surface area (Å²) in [5.74, 6) is 0.822. The number of hydrogen-bond acceptors (Lipinski definition) is 5. The first-order valence-corrected chi connectivity index (χ1v) is 8.74. The summed E-state index contributed by atoms with van der Waals surface area (Å²) in [6.07, 6.45) is 4.02. The SMILES string of the molecule is CCN1C(=O)/C(=C2\C=Cc3cc(OC)ccc3N2CC)SC1=S. The minimum absolute atomic E-state index is 0.00226. The van der Waals surface area contributed by atoms with E-state index in [1.54, 1.807) is 12.0 Å². The minimum atomic E-state index is -0.00226. The maximum absolute atomic E-state index is 12.6. The molecular formula is C17H18N2O2S2. The molecule has 3 rings (SSSR count). The summed E-state index contributed by atoms with van der Waals surface area (Å²) >= 11 is 6.71. The molecule has 1 amide bonds. The van der Waals surface area contributed by atoms with Crippen LogP contribution in [0.2, 0.25) is 0 Å². The van der Waals surface area contributed by atoms with Gasteiger partial charge in [-0.25, -0.2) is 0 Å². The molecular weight excluding hydrogens is 328 g/mol. The fraction of sp³-hybridized carbons (Fsp3) is 0.294. The molecule has 0 radical (unpaired) electrons. The lowest BCUT2D eigenvalue weighted by Crippen LogP contribution is -2.30. The number of carbonyl (C=O) groups excluding carboxylic acids is 1. The molecule has 23 heavy (non-hydrogen) atoms. The molecule has 1 fully saturated rings. The number of carbonyl (C=O) groups is 1. The van der Waals surface area contributed by atoms with Gasteiger partial charge in [0.05, 0.1) is 12.8 Å². The minimum Gasteiger partial charge on any atom is -0.497 e. The van der Waals surface area contributed by atoms with Crippen LogP contribution >= 0.6 is 24.0 Å². The van der Waals surface area contributed by atoms with Crippen LogP contribution in [0.25, 0.3) is 6.08 Å². The van der Waals surface area contributed by atoms with E-state index in [4.69, 9.17) is 17.0 Å². The van der Waals surface area contributed by atoms with Crippen molar-refractivity contribution in [2.24, 2.45) is 0 Å². The number of hydrogen-bond donors (Lipinski definition) is 0. The molecule has 0 spiro atoms. The van der Waals surface area contributed by atoms with Gasteiger partial charge in [-0.1, -0.05) is 30.1 Å². The molecule has 0 saturated carbocycles. The van der Waals surface area contributed by atoms with Crippen LogP contribution in [-0.4, -0.2) is 35.3 Å². The highest BCUT2D eigenvalue weighted by Gasteiger charge is 2.35. The first-order chi connectivity index (χ1) is 11.1. The van der Waals surface area contributed by atoms with Crippen LogP contribution in [0.5, 0.6) is 5.75 Å². The normalized spacial score (nSPS) is 20.3. The maximum Gasteiger partial charge on any atom is 0.268 e. The third-order valence-corrected chi connectivity index (χ3v) is 5.40. The zero-order chi connectivity index (χ0) is 16.6. The number of allylic oxidation sites excluding steroid dienone is 1. The molecule has 120 valence electrons. The number of anilines is 1. The number of rotatable bonds is 3. The Hall–Kier alpha value is -1.79. The van der Waals surface area contributed by atoms with E-state index in [1.165, 1.54) is 11.8 Å². The fourth-order valence-corrected chi connectivity index (χ4v) is 4.23. The Morgan fingerprint density at radius 1 is 1.17 bits per heavy atom. The average molecular weight is 346 g/mol. The summed E-state index contributed by atoms with van der Waals surface area (Å²) < 4.78 is 5.92. The van der Waals surface area contributed by atoms with Gasteiger partial charge in [-0.2, -0.15) is 0 Å². The number of nitrogens with zero attached hydrogens (tertiary/aromatic N) is 2. The molecule has 1 saturated heterocycles. The lowest BCUT2D eigenvalue weighted by Gasteiger charge is -2.30. The van der Waals surface area contributed by atoms with Gasteiger partial charge < -0.3 is 9.64 Å². The molecule has 2 aliphatic rings. The van der Waals surface area contributed by atoms with Crippen LogP contribution in [0.1, 0.15) is 19.4 Å². The van der Waals surface area contributed by atoms with E-state index in [2.05, 4.69) is 11.8 Å². The molecule has 0 unspecified atom stereocenters. The Kier molecular flexibility index (Phi) is 4.46. The van der Waals surface area contributed by atoms with E-state index in [0.717, 1.165) is 29.2 Å². The van der Waals surface area contributed by atoms with Crippen molar-refractivity contribution in [2.45, 2.75) is 13.8 Å². The van der Waals surface area contributed by atoms with Crippen molar-refractivity contribution in [3.63, 3.8) is 0 Å². The van der Waals surface area contributed by atoms with Crippen molar-refractivity contribution in [1.82, 2.24) is 4.90 Å². The van der Waals surface area contributed by atoms with Gasteiger partial charge in [0.1, 0.15) is 15.0 Å². The Labute approximate surface area is 145 Å². The van der Waals surface area contributed by atoms with E-state index < -0.39 is 0 Å². The first-order valence-electron chi connectivity index (χ1n) is 7.52. The lowest BCUT2D eigenvalue weighted by molar-refractivity contribution is -0.122. The van der Waals surface area contributed by atoms with Crippen molar-refractivity contribution >= 4 is 46.0 Å². The molecule has 1 aromatic carbocycles. The number of amides is 1. The molecule has 0 aromatic heterocycles. The number of benzene rings is 1. The molecule has 0 bridgehead atoms. The third kappa shape index (κ3) is 2.66. The predicted octanol–water partition coefficient (Wildman–Crippen LogP) is 3.64. The number of fused-ring (bicyclic) bond motifs is 1. The van der Waals surface area contributed by atoms with E-state index >= 15 is 0 Å². The molecule has 2 aliphatic heterocycles. The highest BCUT2D eigenvalue weighted by atomic mass is 32.2. The fourth-order valence-electron chi connectivity index (χ4n) is 2.79. The third-order valence-electron chi connectivity index (χ3n) is 3.95. The van der Waals surface area contributed by atoms with Gasteiger partial charge in [0.15, 0.2) is 0 Å². The van der Waals surface area contributed by atoms with Crippen LogP contribution in [0.15, 0.2) is 34.9 Å². The summed E-state index contributed by atoms with van der Waals surface area (Å²) in [5.41, 5.74) is 3.08. The quantitative estimate of drug-likeness (QED) is 0.616. The van der Waals surface area contributed by atoms with Crippen LogP contribution in [-0.2, 0) is 4.79 Å². The van der Waals surface area contributed by atoms with Crippen molar-refractivity contribution < 1.29 is 9.53 Å². The van der Waals surface area contributed by atoms with Crippen molar-refractivity contribution in [1.29, 1.82) is 0 Å². The molecule has 0 atom stereocenters. The zero-order valence-corrected chi connectivity index (χ0v) is 15.0. The zero-order valence-electron chi connectivity index (χ0n) is 13.3. The standard InChI is InChI=1S/C17H18N2O2S2/c1-4-18-13-9-7-12(21-3)10-11(13)6-8-14(18)15-16(20)19(5-2)17(22)23-15/h6-10H,4-5H2,1-3H3/b15-14-. The largest absolute Gasteiger partial charge is 0.497 e. The van der Waals surface area contributed by atoms with E-state index in [0.29, 0.717) is 15.8 Å². The van der Waals surface area contributed by atoms with Gasteiger partial charge in [-0.15, -0.1) is 0 Å². The van der Waals surface area contributed by atoms with E-state index in [9.17, 15) is 4.79 Å². The Morgan fingerprint density at radius 2 is 1.91 bits per heavy atom. The van der Waals surface area contributed by atoms with Crippen LogP contribution in [0, 0.1) is 0 Å². The Bertz CT molecular complexity index is 740. The highest BCUT2D eigenvalue weighted by Crippen LogP contribution is 2.40. The van der Waals surface area contributed by atoms with Gasteiger partial charge in [0.25, 0.3) is 5.91 Å². The maximum atomic E-state index is 12.6. The monoisotopic (exact) mass is 346 g/mol. The number of methoxy groups -OCH3 is 1. The molecule has 4 nitrogen and oxygen atoms in total. The molecule has 0 N–H and O–H groups in total. The summed E-state index contributed by atoms with van der Waals surface area (Å²) in [5, 5.41) is 0. The predicted molar refractivity (Wildman–Crippen MR) is 99.7 cm³/mol. The van der Waals surface area contributed by atoms with Crippen molar-refractivity contribution in [3.8, 4) is 5.75 Å². The summed E-state index contributed by atoms with van der Waals surface area (Å²) in [7, 11) is 1.66. The van der Waals surface area contributed by atoms with E-state index in [1.807, 2.05) is 37.3 Å². The summed E-state index contributed by atoms with van der Waals surface area (Å²) in [6.45, 7) is 5.39. The second-order valence-electron chi connectivity index (χ2n) is 5.13. The lowest BCUT2D eigenvalue weighted by atomic mass is 10.0. The van der Waals surface area contributed by atoms with Crippen LogP contribution in [0.4, 0.5) is 5.69 Å². The van der Waals surface area contributed by atoms with Crippen molar-refractivity contribution in [3.05, 3.63) is 40.4 Å². The van der Waals surface area contributed by atoms with Gasteiger partial charge in [-0.05, 0) is 38.1 Å². The van der Waals surface area contributed by atoms with Crippen molar-refractivity contribution in [2.75, 3.05) is 25.1 Å².